The Hall–Kier alpha value is -2.12. The van der Waals surface area contributed by atoms with Gasteiger partial charge in [0.1, 0.15) is 0 Å². The second-order valence-electron chi connectivity index (χ2n) is 5.33. The summed E-state index contributed by atoms with van der Waals surface area (Å²) in [6.07, 6.45) is 1.34. The van der Waals surface area contributed by atoms with Crippen LogP contribution in [0.1, 0.15) is 33.6 Å². The van der Waals surface area contributed by atoms with Gasteiger partial charge in [-0.3, -0.25) is 14.4 Å². The van der Waals surface area contributed by atoms with E-state index in [9.17, 15) is 14.4 Å². The number of amides is 1. The van der Waals surface area contributed by atoms with E-state index in [1.54, 1.807) is 6.92 Å². The predicted molar refractivity (Wildman–Crippen MR) is 78.6 cm³/mol. The van der Waals surface area contributed by atoms with Crippen LogP contribution in [0.5, 0.6) is 0 Å². The van der Waals surface area contributed by atoms with Crippen molar-refractivity contribution in [3.63, 3.8) is 0 Å². The molecule has 22 heavy (non-hydrogen) atoms. The standard InChI is InChI=1S/C14H24N2O6/c1-4-22-14(20)11(8-16-21)13(19)15-7-10(5-9(2)3)6-12(17)18/h8-11,21H,4-7H2,1-3H3,(H,15,19)(H,17,18)/b16-8+/t10?,11-/m0/s1. The fraction of sp³-hybridized carbons (Fsp3) is 0.714. The molecule has 1 amide bonds. The van der Waals surface area contributed by atoms with E-state index in [1.165, 1.54) is 0 Å². The van der Waals surface area contributed by atoms with Crippen LogP contribution < -0.4 is 5.32 Å². The molecule has 1 unspecified atom stereocenters. The van der Waals surface area contributed by atoms with E-state index in [0.717, 1.165) is 6.21 Å². The van der Waals surface area contributed by atoms with Crippen LogP contribution in [0.15, 0.2) is 5.16 Å². The van der Waals surface area contributed by atoms with Crippen molar-refractivity contribution in [2.75, 3.05) is 13.2 Å². The van der Waals surface area contributed by atoms with Gasteiger partial charge in [0.2, 0.25) is 5.91 Å². The van der Waals surface area contributed by atoms with Crippen molar-refractivity contribution in [2.24, 2.45) is 22.9 Å². The zero-order valence-corrected chi connectivity index (χ0v) is 13.1. The fourth-order valence-corrected chi connectivity index (χ4v) is 2.04. The number of oxime groups is 1. The highest BCUT2D eigenvalue weighted by Crippen LogP contribution is 2.15. The second kappa shape index (κ2) is 10.6. The second-order valence-corrected chi connectivity index (χ2v) is 5.33. The Morgan fingerprint density at radius 1 is 1.32 bits per heavy atom. The summed E-state index contributed by atoms with van der Waals surface area (Å²) in [5.41, 5.74) is 0. The van der Waals surface area contributed by atoms with E-state index in [0.29, 0.717) is 6.42 Å². The van der Waals surface area contributed by atoms with E-state index in [1.807, 2.05) is 13.8 Å². The zero-order valence-electron chi connectivity index (χ0n) is 13.1. The van der Waals surface area contributed by atoms with E-state index in [2.05, 4.69) is 10.5 Å². The average Bonchev–Trinajstić information content (AvgIpc) is 2.40. The molecule has 8 heteroatoms. The van der Waals surface area contributed by atoms with Crippen molar-refractivity contribution in [1.82, 2.24) is 5.32 Å². The molecule has 8 nitrogen and oxygen atoms in total. The molecule has 0 saturated carbocycles. The molecule has 0 aromatic heterocycles. The molecule has 0 aliphatic carbocycles. The maximum absolute atomic E-state index is 12.0. The summed E-state index contributed by atoms with van der Waals surface area (Å²) < 4.78 is 4.72. The number of nitrogens with one attached hydrogen (secondary N) is 1. The van der Waals surface area contributed by atoms with Gasteiger partial charge in [0, 0.05) is 13.0 Å². The SMILES string of the molecule is CCOC(=O)[C@@H](/C=N/O)C(=O)NCC(CC(=O)O)CC(C)C. The van der Waals surface area contributed by atoms with Crippen LogP contribution in [0.4, 0.5) is 0 Å². The molecule has 0 rings (SSSR count). The molecule has 0 spiro atoms. The Kier molecular flexibility index (Phi) is 9.56. The maximum Gasteiger partial charge on any atom is 0.324 e. The number of hydrogen-bond donors (Lipinski definition) is 3. The molecule has 0 saturated heterocycles. The van der Waals surface area contributed by atoms with Gasteiger partial charge < -0.3 is 20.4 Å². The monoisotopic (exact) mass is 316 g/mol. The molecule has 126 valence electrons. The summed E-state index contributed by atoms with van der Waals surface area (Å²) >= 11 is 0. The fourth-order valence-electron chi connectivity index (χ4n) is 2.04. The molecule has 0 fully saturated rings. The van der Waals surface area contributed by atoms with Crippen molar-refractivity contribution >= 4 is 24.1 Å². The molecule has 0 aliphatic rings. The van der Waals surface area contributed by atoms with Crippen LogP contribution in [0, 0.1) is 17.8 Å². The number of carboxylic acid groups (broad SMARTS) is 1. The smallest absolute Gasteiger partial charge is 0.324 e. The van der Waals surface area contributed by atoms with Crippen LogP contribution in [0.2, 0.25) is 0 Å². The highest BCUT2D eigenvalue weighted by molar-refractivity contribution is 6.10. The minimum Gasteiger partial charge on any atom is -0.481 e. The Labute approximate surface area is 129 Å². The Morgan fingerprint density at radius 2 is 1.95 bits per heavy atom. The molecular weight excluding hydrogens is 292 g/mol. The summed E-state index contributed by atoms with van der Waals surface area (Å²) in [5.74, 6) is -3.77. The van der Waals surface area contributed by atoms with E-state index >= 15 is 0 Å². The Balaban J connectivity index is 4.68. The average molecular weight is 316 g/mol. The molecule has 0 aromatic carbocycles. The summed E-state index contributed by atoms with van der Waals surface area (Å²) in [5, 5.41) is 22.6. The minimum absolute atomic E-state index is 0.0728. The Bertz CT molecular complexity index is 408. The van der Waals surface area contributed by atoms with Gasteiger partial charge in [0.05, 0.1) is 12.8 Å². The van der Waals surface area contributed by atoms with Crippen LogP contribution in [-0.4, -0.2) is 47.5 Å². The number of carboxylic acids is 1. The lowest BCUT2D eigenvalue weighted by Crippen LogP contribution is -2.40. The summed E-state index contributed by atoms with van der Waals surface area (Å²) in [6, 6.07) is 0. The number of hydrogen-bond acceptors (Lipinski definition) is 6. The van der Waals surface area contributed by atoms with E-state index < -0.39 is 23.8 Å². The molecule has 0 heterocycles. The first-order chi connectivity index (χ1) is 10.3. The van der Waals surface area contributed by atoms with Crippen molar-refractivity contribution in [3.8, 4) is 0 Å². The molecule has 0 aromatic rings. The van der Waals surface area contributed by atoms with Gasteiger partial charge in [0.25, 0.3) is 0 Å². The number of esters is 1. The van der Waals surface area contributed by atoms with Gasteiger partial charge in [0.15, 0.2) is 5.92 Å². The Morgan fingerprint density at radius 3 is 2.41 bits per heavy atom. The molecule has 0 bridgehead atoms. The molecule has 0 radical (unpaired) electrons. The highest BCUT2D eigenvalue weighted by atomic mass is 16.5. The zero-order chi connectivity index (χ0) is 17.1. The van der Waals surface area contributed by atoms with Crippen molar-refractivity contribution in [1.29, 1.82) is 0 Å². The number of carbonyl (C=O) groups is 3. The number of aliphatic carboxylic acids is 1. The third-order valence-corrected chi connectivity index (χ3v) is 2.87. The lowest BCUT2D eigenvalue weighted by Gasteiger charge is -2.19. The molecular formula is C14H24N2O6. The highest BCUT2D eigenvalue weighted by Gasteiger charge is 2.27. The predicted octanol–water partition coefficient (Wildman–Crippen LogP) is 0.879. The normalized spacial score (nSPS) is 13.8. The first-order valence-electron chi connectivity index (χ1n) is 7.15. The first-order valence-corrected chi connectivity index (χ1v) is 7.15. The summed E-state index contributed by atoms with van der Waals surface area (Å²) in [6.45, 7) is 5.72. The summed E-state index contributed by atoms with van der Waals surface area (Å²) in [7, 11) is 0. The van der Waals surface area contributed by atoms with Gasteiger partial charge >= 0.3 is 11.9 Å². The largest absolute Gasteiger partial charge is 0.481 e. The molecule has 3 N–H and O–H groups in total. The lowest BCUT2D eigenvalue weighted by atomic mass is 9.94. The van der Waals surface area contributed by atoms with Crippen LogP contribution in [-0.2, 0) is 19.1 Å². The van der Waals surface area contributed by atoms with Crippen LogP contribution in [0.3, 0.4) is 0 Å². The van der Waals surface area contributed by atoms with Crippen LogP contribution in [0.25, 0.3) is 0 Å². The van der Waals surface area contributed by atoms with Crippen molar-refractivity contribution < 1.29 is 29.4 Å². The topological polar surface area (TPSA) is 125 Å². The molecule has 0 aliphatic heterocycles. The van der Waals surface area contributed by atoms with Crippen molar-refractivity contribution in [2.45, 2.75) is 33.6 Å². The maximum atomic E-state index is 12.0. The number of rotatable bonds is 10. The lowest BCUT2D eigenvalue weighted by molar-refractivity contribution is -0.149. The van der Waals surface area contributed by atoms with Gasteiger partial charge in [-0.25, -0.2) is 0 Å². The third kappa shape index (κ3) is 8.23. The summed E-state index contributed by atoms with van der Waals surface area (Å²) in [4.78, 5) is 34.4. The number of nitrogens with zero attached hydrogens (tertiary/aromatic N) is 1. The third-order valence-electron chi connectivity index (χ3n) is 2.87. The van der Waals surface area contributed by atoms with Gasteiger partial charge in [-0.1, -0.05) is 13.8 Å². The number of carbonyl (C=O) groups excluding carboxylic acids is 2. The minimum atomic E-state index is -1.35. The first kappa shape index (κ1) is 19.9. The van der Waals surface area contributed by atoms with Gasteiger partial charge in [-0.15, -0.1) is 5.16 Å². The van der Waals surface area contributed by atoms with Gasteiger partial charge in [-0.2, -0.15) is 0 Å². The van der Waals surface area contributed by atoms with Crippen molar-refractivity contribution in [3.05, 3.63) is 0 Å². The number of ether oxygens (including phenoxy) is 1. The quantitative estimate of drug-likeness (QED) is 0.181. The van der Waals surface area contributed by atoms with Crippen LogP contribution >= 0.6 is 0 Å². The van der Waals surface area contributed by atoms with Gasteiger partial charge in [-0.05, 0) is 25.2 Å². The van der Waals surface area contributed by atoms with E-state index in [4.69, 9.17) is 15.1 Å². The van der Waals surface area contributed by atoms with E-state index in [-0.39, 0.29) is 31.4 Å². The molecule has 2 atom stereocenters.